The minimum absolute atomic E-state index is 0.500. The molecule has 1 unspecified atom stereocenters. The molecule has 7 rings (SSSR count). The maximum Gasteiger partial charge on any atom is 0.285 e. The largest absolute Gasteiger partial charge is 0.410 e. The average Bonchev–Trinajstić information content (AvgIpc) is 3.75. The van der Waals surface area contributed by atoms with Crippen molar-refractivity contribution in [3.63, 3.8) is 0 Å². The normalized spacial score (nSPS) is 19.4. The lowest BCUT2D eigenvalue weighted by molar-refractivity contribution is 0.344. The molecule has 0 saturated carbocycles. The van der Waals surface area contributed by atoms with Crippen LogP contribution in [0, 0.1) is 0 Å². The molecule has 2 N–H and O–H groups in total. The van der Waals surface area contributed by atoms with E-state index in [1.807, 2.05) is 0 Å². The summed E-state index contributed by atoms with van der Waals surface area (Å²) < 4.78 is 0. The van der Waals surface area contributed by atoms with Crippen molar-refractivity contribution in [2.45, 2.75) is 65.2 Å². The van der Waals surface area contributed by atoms with Gasteiger partial charge in [0.15, 0.2) is 5.96 Å². The first-order valence-electron chi connectivity index (χ1n) is 14.3. The lowest BCUT2D eigenvalue weighted by atomic mass is 9.80. The van der Waals surface area contributed by atoms with Crippen LogP contribution in [0.15, 0.2) is 53.5 Å². The summed E-state index contributed by atoms with van der Waals surface area (Å²) in [6.07, 6.45) is 4.32. The first-order chi connectivity index (χ1) is 18.7. The maximum atomic E-state index is 4.61. The monoisotopic (exact) mass is 499 g/mol. The van der Waals surface area contributed by atoms with Gasteiger partial charge in [0.05, 0.1) is 6.54 Å². The van der Waals surface area contributed by atoms with Crippen molar-refractivity contribution in [3.8, 4) is 0 Å². The molecule has 0 amide bonds. The highest BCUT2D eigenvalue weighted by molar-refractivity contribution is 6.60. The van der Waals surface area contributed by atoms with Crippen LogP contribution in [0.1, 0.15) is 52.8 Å². The molecule has 0 spiro atoms. The van der Waals surface area contributed by atoms with Crippen LogP contribution in [0.3, 0.4) is 0 Å². The van der Waals surface area contributed by atoms with Crippen LogP contribution in [0.4, 0.5) is 5.69 Å². The second-order valence-corrected chi connectivity index (χ2v) is 11.0. The Balaban J connectivity index is 1.29. The highest BCUT2D eigenvalue weighted by Crippen LogP contribution is 2.43. The molecule has 0 saturated heterocycles. The van der Waals surface area contributed by atoms with Crippen LogP contribution in [-0.2, 0) is 45.3 Å². The zero-order valence-corrected chi connectivity index (χ0v) is 22.6. The van der Waals surface area contributed by atoms with Gasteiger partial charge in [0.25, 0.3) is 7.41 Å². The molecule has 3 aromatic rings. The van der Waals surface area contributed by atoms with Crippen LogP contribution < -0.4 is 26.4 Å². The maximum absolute atomic E-state index is 4.61. The molecule has 3 aromatic carbocycles. The van der Waals surface area contributed by atoms with Gasteiger partial charge in [-0.2, -0.15) is 0 Å². The van der Waals surface area contributed by atoms with Crippen LogP contribution in [0.2, 0.25) is 0 Å². The molecule has 2 radical (unpaired) electrons. The van der Waals surface area contributed by atoms with Gasteiger partial charge in [0.1, 0.15) is 0 Å². The number of nitrogens with one attached hydrogen (secondary N) is 2. The molecule has 38 heavy (non-hydrogen) atoms. The van der Waals surface area contributed by atoms with E-state index in [1.165, 1.54) is 38.9 Å². The van der Waals surface area contributed by atoms with Crippen molar-refractivity contribution < 1.29 is 0 Å². The predicted octanol–water partition coefficient (Wildman–Crippen LogP) is 2.35. The third-order valence-corrected chi connectivity index (χ3v) is 8.88. The lowest BCUT2D eigenvalue weighted by Gasteiger charge is -2.30. The minimum Gasteiger partial charge on any atom is -0.410 e. The first kappa shape index (κ1) is 23.9. The Morgan fingerprint density at radius 3 is 2.26 bits per heavy atom. The van der Waals surface area contributed by atoms with Crippen molar-refractivity contribution in [2.75, 3.05) is 17.9 Å². The number of hydrogen-bond donors (Lipinski definition) is 2. The van der Waals surface area contributed by atoms with E-state index < -0.39 is 0 Å². The molecular formula is C31H35B2N5. The van der Waals surface area contributed by atoms with E-state index in [1.54, 1.807) is 16.7 Å². The Morgan fingerprint density at radius 2 is 1.58 bits per heavy atom. The van der Waals surface area contributed by atoms with Gasteiger partial charge < -0.3 is 20.3 Å². The summed E-state index contributed by atoms with van der Waals surface area (Å²) in [5.74, 6) is 0.943. The summed E-state index contributed by atoms with van der Waals surface area (Å²) in [5, 5.41) is 7.05. The molecule has 190 valence electrons. The molecule has 0 fully saturated rings. The number of aliphatic imine (C=N–C) groups is 1. The molecule has 7 heteroatoms. The standard InChI is InChI=1S/C31H35B2N5/c1-3-23-25-15-22(37-18-20-9-5-7-11-28(20)32-37)16-26(25)30(38-19-21-10-6-8-12-29(21)33-38)24(4-2)27(23)17-36-31-34-13-14-35-31/h5-12,22H,3-4,13-19H2,1-2H3,(H2,34,35,36). The van der Waals surface area contributed by atoms with Crippen LogP contribution in [0.25, 0.3) is 0 Å². The molecule has 4 aliphatic rings. The Morgan fingerprint density at radius 1 is 0.868 bits per heavy atom. The number of hydrogen-bond acceptors (Lipinski definition) is 5. The Hall–Kier alpha value is -3.18. The van der Waals surface area contributed by atoms with Gasteiger partial charge in [0.2, 0.25) is 7.41 Å². The Labute approximate surface area is 228 Å². The van der Waals surface area contributed by atoms with E-state index in [-0.39, 0.29) is 0 Å². The molecule has 5 nitrogen and oxygen atoms in total. The third-order valence-electron chi connectivity index (χ3n) is 8.88. The van der Waals surface area contributed by atoms with E-state index in [0.717, 1.165) is 64.4 Å². The minimum atomic E-state index is 0.500. The molecule has 0 bridgehead atoms. The van der Waals surface area contributed by atoms with Crippen molar-refractivity contribution >= 4 is 37.4 Å². The quantitative estimate of drug-likeness (QED) is 0.512. The second-order valence-electron chi connectivity index (χ2n) is 11.0. The number of benzene rings is 3. The van der Waals surface area contributed by atoms with Crippen molar-refractivity contribution in [1.29, 1.82) is 0 Å². The fraction of sp³-hybridized carbons (Fsp3) is 0.387. The number of nitrogens with zero attached hydrogens (tertiary/aromatic N) is 3. The SMILES string of the molecule is CCc1c(CNC2=NCCN2)c(CC)c(N2[B]c3ccccc3C2)c2c1CC(N1[B]c3ccccc3C1)C2. The van der Waals surface area contributed by atoms with Gasteiger partial charge in [0, 0.05) is 37.9 Å². The van der Waals surface area contributed by atoms with Gasteiger partial charge in [-0.1, -0.05) is 73.3 Å². The predicted molar refractivity (Wildman–Crippen MR) is 159 cm³/mol. The van der Waals surface area contributed by atoms with Crippen molar-refractivity contribution in [2.24, 2.45) is 4.99 Å². The molecule has 1 aliphatic carbocycles. The second kappa shape index (κ2) is 9.85. The summed E-state index contributed by atoms with van der Waals surface area (Å²) in [6, 6.07) is 18.2. The number of guanidine groups is 1. The van der Waals surface area contributed by atoms with Gasteiger partial charge in [-0.25, -0.2) is 0 Å². The van der Waals surface area contributed by atoms with E-state index in [9.17, 15) is 0 Å². The number of anilines is 1. The van der Waals surface area contributed by atoms with E-state index in [4.69, 9.17) is 0 Å². The average molecular weight is 499 g/mol. The lowest BCUT2D eigenvalue weighted by Crippen LogP contribution is -2.37. The smallest absolute Gasteiger partial charge is 0.285 e. The molecule has 3 heterocycles. The number of rotatable bonds is 6. The highest BCUT2D eigenvalue weighted by atomic mass is 15.2. The first-order valence-corrected chi connectivity index (χ1v) is 14.3. The zero-order valence-electron chi connectivity index (χ0n) is 22.6. The van der Waals surface area contributed by atoms with Crippen LogP contribution >= 0.6 is 0 Å². The molecule has 0 aromatic heterocycles. The van der Waals surface area contributed by atoms with Gasteiger partial charge in [-0.3, -0.25) is 4.99 Å². The summed E-state index contributed by atoms with van der Waals surface area (Å²) in [5.41, 5.74) is 14.8. The Bertz CT molecular complexity index is 1370. The number of fused-ring (bicyclic) bond motifs is 3. The van der Waals surface area contributed by atoms with E-state index >= 15 is 0 Å². The van der Waals surface area contributed by atoms with Crippen molar-refractivity contribution in [3.05, 3.63) is 87.5 Å². The third kappa shape index (κ3) is 4.03. The topological polar surface area (TPSA) is 42.9 Å². The van der Waals surface area contributed by atoms with Gasteiger partial charge in [-0.05, 0) is 64.6 Å². The van der Waals surface area contributed by atoms with Crippen LogP contribution in [-0.4, -0.2) is 44.7 Å². The van der Waals surface area contributed by atoms with Crippen LogP contribution in [0.5, 0.6) is 0 Å². The van der Waals surface area contributed by atoms with Crippen molar-refractivity contribution in [1.82, 2.24) is 15.4 Å². The summed E-state index contributed by atoms with van der Waals surface area (Å²) in [4.78, 5) is 9.78. The van der Waals surface area contributed by atoms with Gasteiger partial charge >= 0.3 is 0 Å². The molecule has 1 atom stereocenters. The molecule has 3 aliphatic heterocycles. The van der Waals surface area contributed by atoms with E-state index in [2.05, 4.69) is 102 Å². The highest BCUT2D eigenvalue weighted by Gasteiger charge is 2.37. The fourth-order valence-electron chi connectivity index (χ4n) is 7.12. The summed E-state index contributed by atoms with van der Waals surface area (Å²) in [6.45, 7) is 9.26. The Kier molecular flexibility index (Phi) is 6.19. The molecular weight excluding hydrogens is 464 g/mol. The van der Waals surface area contributed by atoms with E-state index in [0.29, 0.717) is 6.04 Å². The summed E-state index contributed by atoms with van der Waals surface area (Å²) in [7, 11) is 4.79. The zero-order chi connectivity index (χ0) is 25.6. The van der Waals surface area contributed by atoms with Gasteiger partial charge in [-0.15, -0.1) is 0 Å². The fourth-order valence-corrected chi connectivity index (χ4v) is 7.12. The summed E-state index contributed by atoms with van der Waals surface area (Å²) >= 11 is 0.